The highest BCUT2D eigenvalue weighted by molar-refractivity contribution is 7.94. The van der Waals surface area contributed by atoms with Gasteiger partial charge >= 0.3 is 0 Å². The molecule has 3 N–H and O–H groups in total. The summed E-state index contributed by atoms with van der Waals surface area (Å²) in [5, 5.41) is 21.1. The summed E-state index contributed by atoms with van der Waals surface area (Å²) in [6.07, 6.45) is 0. The zero-order valence-electron chi connectivity index (χ0n) is 17.9. The third kappa shape index (κ3) is 5.81. The SMILES string of the molecule is CN1CCN(c2ccc(N=Nc3nc4ccc(SOON)cc4n3C)c(SOOO)c2)CC1. The van der Waals surface area contributed by atoms with Crippen molar-refractivity contribution in [2.75, 3.05) is 38.1 Å². The monoisotopic (exact) mass is 493 g/mol. The minimum atomic E-state index is 0.418. The van der Waals surface area contributed by atoms with E-state index in [1.54, 1.807) is 0 Å². The first kappa shape index (κ1) is 23.9. The smallest absolute Gasteiger partial charge is 0.250 e. The predicted octanol–water partition coefficient (Wildman–Crippen LogP) is 4.00. The van der Waals surface area contributed by atoms with Gasteiger partial charge in [-0.25, -0.2) is 10.2 Å². The first-order valence-electron chi connectivity index (χ1n) is 9.89. The zero-order chi connectivity index (χ0) is 23.2. The Hall–Kier alpha value is -2.27. The van der Waals surface area contributed by atoms with Crippen LogP contribution < -0.4 is 10.8 Å². The second-order valence-electron chi connectivity index (χ2n) is 7.24. The van der Waals surface area contributed by atoms with Crippen molar-refractivity contribution in [3.05, 3.63) is 36.4 Å². The number of aromatic nitrogens is 2. The number of hydrogen-bond donors (Lipinski definition) is 2. The number of anilines is 1. The zero-order valence-corrected chi connectivity index (χ0v) is 19.6. The van der Waals surface area contributed by atoms with Crippen LogP contribution in [0.2, 0.25) is 0 Å². The van der Waals surface area contributed by atoms with Gasteiger partial charge in [0.25, 0.3) is 0 Å². The Bertz CT molecular complexity index is 1120. The normalized spacial score (nSPS) is 15.2. The van der Waals surface area contributed by atoms with Crippen LogP contribution >= 0.6 is 24.1 Å². The van der Waals surface area contributed by atoms with E-state index in [0.717, 1.165) is 71.9 Å². The topological polar surface area (TPSA) is 132 Å². The third-order valence-electron chi connectivity index (χ3n) is 5.21. The number of rotatable bonds is 9. The molecule has 0 aliphatic carbocycles. The van der Waals surface area contributed by atoms with Gasteiger partial charge in [0.15, 0.2) is 0 Å². The minimum Gasteiger partial charge on any atom is -0.369 e. The maximum Gasteiger partial charge on any atom is 0.250 e. The number of azo groups is 1. The van der Waals surface area contributed by atoms with Crippen molar-refractivity contribution >= 4 is 52.4 Å². The Morgan fingerprint density at radius 1 is 1.00 bits per heavy atom. The molecule has 0 amide bonds. The van der Waals surface area contributed by atoms with Crippen molar-refractivity contribution in [2.45, 2.75) is 9.79 Å². The maximum atomic E-state index is 8.62. The van der Waals surface area contributed by atoms with Crippen molar-refractivity contribution in [2.24, 2.45) is 23.2 Å². The maximum absolute atomic E-state index is 8.62. The molecule has 14 heteroatoms. The Kier molecular flexibility index (Phi) is 8.13. The van der Waals surface area contributed by atoms with E-state index >= 15 is 0 Å². The number of likely N-dealkylation sites (N-methyl/N-ethyl adjacent to an activating group) is 1. The summed E-state index contributed by atoms with van der Waals surface area (Å²) in [7, 11) is 3.95. The van der Waals surface area contributed by atoms with Gasteiger partial charge in [0.1, 0.15) is 5.69 Å². The van der Waals surface area contributed by atoms with Crippen LogP contribution in [0.5, 0.6) is 0 Å². The average molecular weight is 494 g/mol. The highest BCUT2D eigenvalue weighted by Crippen LogP contribution is 2.36. The fourth-order valence-electron chi connectivity index (χ4n) is 3.42. The van der Waals surface area contributed by atoms with Crippen LogP contribution in [-0.4, -0.2) is 52.9 Å². The molecule has 0 spiro atoms. The average Bonchev–Trinajstić information content (AvgIpc) is 3.15. The molecule has 0 bridgehead atoms. The highest BCUT2D eigenvalue weighted by atomic mass is 32.2. The molecule has 0 atom stereocenters. The number of piperazine rings is 1. The molecule has 0 saturated carbocycles. The van der Waals surface area contributed by atoms with Crippen LogP contribution in [0.4, 0.5) is 17.3 Å². The van der Waals surface area contributed by atoms with Gasteiger partial charge in [-0.2, -0.15) is 5.90 Å². The van der Waals surface area contributed by atoms with Gasteiger partial charge in [0.05, 0.1) is 40.0 Å². The number of nitrogens with two attached hydrogens (primary N) is 1. The van der Waals surface area contributed by atoms with Crippen molar-refractivity contribution < 1.29 is 24.0 Å². The third-order valence-corrected chi connectivity index (χ3v) is 6.44. The summed E-state index contributed by atoms with van der Waals surface area (Å²) < 4.78 is 11.2. The molecule has 1 aliphatic rings. The Morgan fingerprint density at radius 2 is 1.82 bits per heavy atom. The largest absolute Gasteiger partial charge is 0.369 e. The van der Waals surface area contributed by atoms with E-state index in [4.69, 9.17) is 15.5 Å². The molecule has 3 aromatic rings. The Morgan fingerprint density at radius 3 is 2.58 bits per heavy atom. The molecule has 2 aromatic carbocycles. The van der Waals surface area contributed by atoms with Gasteiger partial charge in [0.2, 0.25) is 5.95 Å². The number of nitrogens with zero attached hydrogens (tertiary/aromatic N) is 6. The van der Waals surface area contributed by atoms with Crippen LogP contribution in [0.1, 0.15) is 0 Å². The molecule has 33 heavy (non-hydrogen) atoms. The van der Waals surface area contributed by atoms with E-state index in [0.29, 0.717) is 16.5 Å². The second kappa shape index (κ2) is 11.2. The van der Waals surface area contributed by atoms with Crippen LogP contribution in [0.25, 0.3) is 11.0 Å². The molecule has 4 rings (SSSR count). The molecule has 2 heterocycles. The van der Waals surface area contributed by atoms with Gasteiger partial charge in [-0.3, -0.25) is 0 Å². The highest BCUT2D eigenvalue weighted by Gasteiger charge is 2.17. The number of imidazole rings is 1. The van der Waals surface area contributed by atoms with Gasteiger partial charge in [-0.15, -0.1) is 23.9 Å². The van der Waals surface area contributed by atoms with Crippen molar-refractivity contribution in [1.29, 1.82) is 0 Å². The molecule has 12 nitrogen and oxygen atoms in total. The summed E-state index contributed by atoms with van der Waals surface area (Å²) in [6.45, 7) is 3.81. The molecule has 1 aliphatic heterocycles. The fourth-order valence-corrected chi connectivity index (χ4v) is 4.29. The van der Waals surface area contributed by atoms with E-state index in [1.807, 2.05) is 48.0 Å². The lowest BCUT2D eigenvalue weighted by atomic mass is 10.2. The predicted molar refractivity (Wildman–Crippen MR) is 124 cm³/mol. The van der Waals surface area contributed by atoms with Crippen LogP contribution in [0.15, 0.2) is 56.4 Å². The van der Waals surface area contributed by atoms with Gasteiger partial charge in [-0.1, -0.05) is 5.04 Å². The van der Waals surface area contributed by atoms with Crippen molar-refractivity contribution in [1.82, 2.24) is 14.5 Å². The van der Waals surface area contributed by atoms with Crippen molar-refractivity contribution in [3.8, 4) is 0 Å². The number of fused-ring (bicyclic) bond motifs is 1. The second-order valence-corrected chi connectivity index (χ2v) is 8.75. The van der Waals surface area contributed by atoms with E-state index in [2.05, 4.69) is 46.4 Å². The lowest BCUT2D eigenvalue weighted by Gasteiger charge is -2.34. The van der Waals surface area contributed by atoms with Crippen LogP contribution in [0, 0.1) is 0 Å². The van der Waals surface area contributed by atoms with Gasteiger partial charge in [0, 0.05) is 43.8 Å². The van der Waals surface area contributed by atoms with E-state index in [-0.39, 0.29) is 0 Å². The first-order valence-corrected chi connectivity index (χ1v) is 11.4. The van der Waals surface area contributed by atoms with E-state index in [9.17, 15) is 0 Å². The minimum absolute atomic E-state index is 0.418. The quantitative estimate of drug-likeness (QED) is 0.194. The molecule has 1 aromatic heterocycles. The van der Waals surface area contributed by atoms with Crippen LogP contribution in [-0.2, 0) is 25.7 Å². The molecule has 176 valence electrons. The number of aryl methyl sites for hydroxylation is 1. The Labute approximate surface area is 198 Å². The lowest BCUT2D eigenvalue weighted by molar-refractivity contribution is -0.432. The molecule has 0 radical (unpaired) electrons. The van der Waals surface area contributed by atoms with Gasteiger partial charge in [-0.05, 0) is 43.4 Å². The fraction of sp³-hybridized carbons (Fsp3) is 0.316. The van der Waals surface area contributed by atoms with Crippen molar-refractivity contribution in [3.63, 3.8) is 0 Å². The summed E-state index contributed by atoms with van der Waals surface area (Å²) >= 11 is 1.84. The standard InChI is InChI=1S/C19H23N7O5S2/c1-24-7-9-26(10-8-24)13-3-5-16(18(11-13)33-31-29-27)22-23-19-21-15-6-4-14(32-30-28-20)12-17(15)25(19)2/h3-6,11-12,27H,7-10,20H2,1-2H3. The number of benzene rings is 2. The van der Waals surface area contributed by atoms with Crippen LogP contribution in [0.3, 0.4) is 0 Å². The molecule has 1 fully saturated rings. The summed E-state index contributed by atoms with van der Waals surface area (Å²) in [5.74, 6) is 5.31. The summed E-state index contributed by atoms with van der Waals surface area (Å²) in [5.41, 5.74) is 3.17. The Balaban J connectivity index is 1.58. The number of hydrogen-bond acceptors (Lipinski definition) is 13. The molecular formula is C19H23N7O5S2. The van der Waals surface area contributed by atoms with E-state index in [1.165, 1.54) is 0 Å². The molecule has 0 unspecified atom stereocenters. The summed E-state index contributed by atoms with van der Waals surface area (Å²) in [6, 6.07) is 11.3. The molecular weight excluding hydrogens is 470 g/mol. The van der Waals surface area contributed by atoms with Gasteiger partial charge < -0.3 is 14.4 Å². The first-order chi connectivity index (χ1) is 16.1. The lowest BCUT2D eigenvalue weighted by Crippen LogP contribution is -2.44. The summed E-state index contributed by atoms with van der Waals surface area (Å²) in [4.78, 5) is 14.7. The molecule has 1 saturated heterocycles. The van der Waals surface area contributed by atoms with E-state index < -0.39 is 0 Å².